The molecule has 1 atom stereocenters. The van der Waals surface area contributed by atoms with Crippen LogP contribution < -0.4 is 5.32 Å². The minimum Gasteiger partial charge on any atom is -0.353 e. The molecule has 1 saturated carbocycles. The molecule has 0 radical (unpaired) electrons. The highest BCUT2D eigenvalue weighted by atomic mass is 19.1. The predicted molar refractivity (Wildman–Crippen MR) is 131 cm³/mol. The summed E-state index contributed by atoms with van der Waals surface area (Å²) in [4.78, 5) is 31.1. The Bertz CT molecular complexity index is 1030. The summed E-state index contributed by atoms with van der Waals surface area (Å²) in [6.45, 7) is 2.92. The molecule has 2 aromatic rings. The Labute approximate surface area is 206 Å². The van der Waals surface area contributed by atoms with Gasteiger partial charge in [0, 0.05) is 31.2 Å². The molecular weight excluding hydrogens is 445 g/mol. The average Bonchev–Trinajstić information content (AvgIpc) is 3.24. The maximum absolute atomic E-state index is 13.9. The van der Waals surface area contributed by atoms with Gasteiger partial charge < -0.3 is 10.1 Å². The fourth-order valence-corrected chi connectivity index (χ4v) is 5.81. The summed E-state index contributed by atoms with van der Waals surface area (Å²) in [5.74, 6) is -0.961. The second-order valence-corrected chi connectivity index (χ2v) is 10.1. The molecule has 2 heterocycles. The van der Waals surface area contributed by atoms with Crippen molar-refractivity contribution < 1.29 is 18.7 Å². The molecule has 3 fully saturated rings. The van der Waals surface area contributed by atoms with E-state index in [0.29, 0.717) is 12.8 Å². The first-order valence-corrected chi connectivity index (χ1v) is 12.8. The number of nitrogens with zero attached hydrogens (tertiary/aromatic N) is 2. The van der Waals surface area contributed by atoms with Gasteiger partial charge in [0.1, 0.15) is 17.6 Å². The first-order valence-electron chi connectivity index (χ1n) is 12.8. The molecule has 0 aromatic heterocycles. The van der Waals surface area contributed by atoms with Gasteiger partial charge in [-0.05, 0) is 62.3 Å². The minimum atomic E-state index is -0.775. The van der Waals surface area contributed by atoms with Crippen LogP contribution >= 0.6 is 0 Å². The number of hydrogen-bond acceptors (Lipinski definition) is 4. The van der Waals surface area contributed by atoms with Gasteiger partial charge in [0.2, 0.25) is 5.91 Å². The summed E-state index contributed by atoms with van der Waals surface area (Å²) in [5, 5.41) is 3.20. The summed E-state index contributed by atoms with van der Waals surface area (Å²) in [6, 6.07) is 15.5. The van der Waals surface area contributed by atoms with Gasteiger partial charge in [-0.3, -0.25) is 19.4 Å². The van der Waals surface area contributed by atoms with E-state index < -0.39 is 17.6 Å². The van der Waals surface area contributed by atoms with E-state index in [2.05, 4.69) is 34.5 Å². The maximum atomic E-state index is 13.9. The predicted octanol–water partition coefficient (Wildman–Crippen LogP) is 4.11. The number of likely N-dealkylation sites (tertiary alicyclic amines) is 1. The molecule has 2 aromatic carbocycles. The Morgan fingerprint density at radius 1 is 1.00 bits per heavy atom. The van der Waals surface area contributed by atoms with E-state index in [0.717, 1.165) is 51.7 Å². The van der Waals surface area contributed by atoms with Crippen LogP contribution in [0.3, 0.4) is 0 Å². The molecule has 2 saturated heterocycles. The number of rotatable bonds is 5. The Kier molecular flexibility index (Phi) is 7.16. The third kappa shape index (κ3) is 5.26. The Hall–Kier alpha value is -2.77. The van der Waals surface area contributed by atoms with Gasteiger partial charge >= 0.3 is 0 Å². The van der Waals surface area contributed by atoms with Gasteiger partial charge in [0.15, 0.2) is 0 Å². The highest BCUT2D eigenvalue weighted by Gasteiger charge is 2.53. The van der Waals surface area contributed by atoms with Crippen LogP contribution in [-0.2, 0) is 16.1 Å². The Morgan fingerprint density at radius 2 is 1.74 bits per heavy atom. The van der Waals surface area contributed by atoms with E-state index >= 15 is 0 Å². The zero-order valence-corrected chi connectivity index (χ0v) is 20.1. The van der Waals surface area contributed by atoms with Crippen molar-refractivity contribution >= 4 is 11.8 Å². The Balaban J connectivity index is 1.25. The molecule has 0 bridgehead atoms. The van der Waals surface area contributed by atoms with Gasteiger partial charge in [-0.2, -0.15) is 0 Å². The summed E-state index contributed by atoms with van der Waals surface area (Å²) in [5.41, 5.74) is 0.776. The van der Waals surface area contributed by atoms with E-state index in [1.165, 1.54) is 23.8 Å². The third-order valence-corrected chi connectivity index (χ3v) is 7.67. The van der Waals surface area contributed by atoms with Crippen molar-refractivity contribution in [2.75, 3.05) is 19.7 Å². The molecule has 3 aliphatic rings. The number of piperidine rings is 1. The van der Waals surface area contributed by atoms with Crippen LogP contribution in [-0.4, -0.2) is 59.1 Å². The standard InChI is InChI=1S/C28H34FN3O3/c29-23-11-7-10-22(18-23)27(34)32-25(20-35-28(32)14-5-2-6-15-28)26(33)30-24-12-16-31(17-13-24)19-21-8-3-1-4-9-21/h1,3-4,7-11,18,24-25H,2,5-6,12-17,19-20H2,(H,30,33). The fraction of sp³-hybridized carbons (Fsp3) is 0.500. The van der Waals surface area contributed by atoms with Crippen molar-refractivity contribution in [3.8, 4) is 0 Å². The number of nitrogens with one attached hydrogen (secondary N) is 1. The largest absolute Gasteiger partial charge is 0.353 e. The van der Waals surface area contributed by atoms with Gasteiger partial charge in [-0.15, -0.1) is 0 Å². The average molecular weight is 480 g/mol. The normalized spacial score (nSPS) is 22.9. The molecule has 1 aliphatic carbocycles. The SMILES string of the molecule is O=C(NC1CCN(Cc2ccccc2)CC1)C1COC2(CCCCC2)N1C(=O)c1cccc(F)c1. The summed E-state index contributed by atoms with van der Waals surface area (Å²) in [6.07, 6.45) is 6.13. The molecular formula is C28H34FN3O3. The van der Waals surface area contributed by atoms with E-state index in [1.54, 1.807) is 11.0 Å². The van der Waals surface area contributed by atoms with Crippen LogP contribution in [0.5, 0.6) is 0 Å². The van der Waals surface area contributed by atoms with Crippen LogP contribution in [0.2, 0.25) is 0 Å². The minimum absolute atomic E-state index is 0.0727. The number of ether oxygens (including phenoxy) is 1. The fourth-order valence-electron chi connectivity index (χ4n) is 5.81. The molecule has 2 amide bonds. The zero-order chi connectivity index (χ0) is 24.3. The van der Waals surface area contributed by atoms with E-state index in [-0.39, 0.29) is 30.0 Å². The van der Waals surface area contributed by atoms with Gasteiger partial charge in [-0.1, -0.05) is 42.8 Å². The lowest BCUT2D eigenvalue weighted by Gasteiger charge is -2.41. The molecule has 1 spiro atoms. The molecule has 5 rings (SSSR count). The second-order valence-electron chi connectivity index (χ2n) is 10.1. The number of carbonyl (C=O) groups is 2. The smallest absolute Gasteiger partial charge is 0.256 e. The number of carbonyl (C=O) groups excluding carboxylic acids is 2. The molecule has 2 aliphatic heterocycles. The monoisotopic (exact) mass is 479 g/mol. The van der Waals surface area contributed by atoms with Crippen molar-refractivity contribution in [1.29, 1.82) is 0 Å². The number of benzene rings is 2. The highest BCUT2D eigenvalue weighted by molar-refractivity contribution is 5.98. The second kappa shape index (κ2) is 10.5. The number of hydrogen-bond donors (Lipinski definition) is 1. The van der Waals surface area contributed by atoms with Crippen molar-refractivity contribution in [2.24, 2.45) is 0 Å². The first-order chi connectivity index (χ1) is 17.0. The first kappa shape index (κ1) is 23.9. The van der Waals surface area contributed by atoms with Gasteiger partial charge in [0.25, 0.3) is 5.91 Å². The Morgan fingerprint density at radius 3 is 2.46 bits per heavy atom. The van der Waals surface area contributed by atoms with Crippen LogP contribution in [0.1, 0.15) is 60.9 Å². The van der Waals surface area contributed by atoms with E-state index in [4.69, 9.17) is 4.74 Å². The summed E-state index contributed by atoms with van der Waals surface area (Å²) >= 11 is 0. The van der Waals surface area contributed by atoms with Crippen molar-refractivity contribution in [1.82, 2.24) is 15.1 Å². The van der Waals surface area contributed by atoms with Gasteiger partial charge in [0.05, 0.1) is 6.61 Å². The topological polar surface area (TPSA) is 61.9 Å². The van der Waals surface area contributed by atoms with Crippen molar-refractivity contribution in [3.05, 3.63) is 71.5 Å². The summed E-state index contributed by atoms with van der Waals surface area (Å²) in [7, 11) is 0. The highest BCUT2D eigenvalue weighted by Crippen LogP contribution is 2.41. The number of halogens is 1. The van der Waals surface area contributed by atoms with E-state index in [1.807, 2.05) is 6.07 Å². The van der Waals surface area contributed by atoms with Crippen molar-refractivity contribution in [3.63, 3.8) is 0 Å². The lowest BCUT2D eigenvalue weighted by Crippen LogP contribution is -2.58. The van der Waals surface area contributed by atoms with Crippen LogP contribution in [0.25, 0.3) is 0 Å². The molecule has 186 valence electrons. The lowest BCUT2D eigenvalue weighted by atomic mass is 9.89. The lowest BCUT2D eigenvalue weighted by molar-refractivity contribution is -0.128. The molecule has 1 N–H and O–H groups in total. The van der Waals surface area contributed by atoms with Crippen LogP contribution in [0, 0.1) is 5.82 Å². The molecule has 7 heteroatoms. The maximum Gasteiger partial charge on any atom is 0.256 e. The summed E-state index contributed by atoms with van der Waals surface area (Å²) < 4.78 is 20.1. The third-order valence-electron chi connectivity index (χ3n) is 7.67. The molecule has 6 nitrogen and oxygen atoms in total. The molecule has 1 unspecified atom stereocenters. The zero-order valence-electron chi connectivity index (χ0n) is 20.1. The molecule has 35 heavy (non-hydrogen) atoms. The van der Waals surface area contributed by atoms with Crippen molar-refractivity contribution in [2.45, 2.75) is 69.3 Å². The number of amides is 2. The van der Waals surface area contributed by atoms with E-state index in [9.17, 15) is 14.0 Å². The van der Waals surface area contributed by atoms with Gasteiger partial charge in [-0.25, -0.2) is 4.39 Å². The quantitative estimate of drug-likeness (QED) is 0.701. The van der Waals surface area contributed by atoms with Crippen LogP contribution in [0.4, 0.5) is 4.39 Å². The van der Waals surface area contributed by atoms with Crippen LogP contribution in [0.15, 0.2) is 54.6 Å².